The van der Waals surface area contributed by atoms with Crippen LogP contribution in [-0.2, 0) is 0 Å². The molecule has 0 aliphatic heterocycles. The lowest BCUT2D eigenvalue weighted by atomic mass is 10.1. The number of aryl methyl sites for hydroxylation is 1. The van der Waals surface area contributed by atoms with Crippen LogP contribution in [0.5, 0.6) is 11.5 Å². The Balaban J connectivity index is 1.80. The molecule has 0 aliphatic carbocycles. The molecule has 0 bridgehead atoms. The Morgan fingerprint density at radius 2 is 1.69 bits per heavy atom. The standard InChI is InChI=1S/C20H22N4O2/c1-13-6-5-7-16(14(13)2)23-20-21-11-10-19(24-20)22-15-8-9-17(25-3)18(12-15)26-4/h5-12H,1-4H3,(H2,21,22,23,24). The zero-order valence-corrected chi connectivity index (χ0v) is 15.3. The molecule has 26 heavy (non-hydrogen) atoms. The summed E-state index contributed by atoms with van der Waals surface area (Å²) in [5, 5.41) is 6.53. The van der Waals surface area contributed by atoms with E-state index in [2.05, 4.69) is 40.5 Å². The summed E-state index contributed by atoms with van der Waals surface area (Å²) >= 11 is 0. The average molecular weight is 350 g/mol. The minimum absolute atomic E-state index is 0.532. The smallest absolute Gasteiger partial charge is 0.229 e. The molecule has 3 rings (SSSR count). The molecule has 0 unspecified atom stereocenters. The van der Waals surface area contributed by atoms with Gasteiger partial charge < -0.3 is 20.1 Å². The van der Waals surface area contributed by atoms with Gasteiger partial charge >= 0.3 is 0 Å². The number of hydrogen-bond acceptors (Lipinski definition) is 6. The van der Waals surface area contributed by atoms with Crippen molar-refractivity contribution in [2.75, 3.05) is 24.9 Å². The third kappa shape index (κ3) is 3.85. The van der Waals surface area contributed by atoms with Gasteiger partial charge in [-0.1, -0.05) is 12.1 Å². The zero-order chi connectivity index (χ0) is 18.5. The monoisotopic (exact) mass is 350 g/mol. The molecule has 0 atom stereocenters. The highest BCUT2D eigenvalue weighted by atomic mass is 16.5. The van der Waals surface area contributed by atoms with E-state index in [1.807, 2.05) is 36.4 Å². The number of nitrogens with one attached hydrogen (secondary N) is 2. The molecule has 2 aromatic carbocycles. The van der Waals surface area contributed by atoms with Gasteiger partial charge in [-0.05, 0) is 49.2 Å². The Hall–Kier alpha value is -3.28. The maximum Gasteiger partial charge on any atom is 0.229 e. The minimum atomic E-state index is 0.532. The number of methoxy groups -OCH3 is 2. The highest BCUT2D eigenvalue weighted by molar-refractivity contribution is 5.64. The second-order valence-corrected chi connectivity index (χ2v) is 5.83. The maximum absolute atomic E-state index is 5.33. The number of benzene rings is 2. The largest absolute Gasteiger partial charge is 0.493 e. The number of aromatic nitrogens is 2. The van der Waals surface area contributed by atoms with Crippen molar-refractivity contribution in [3.8, 4) is 11.5 Å². The number of ether oxygens (including phenoxy) is 2. The van der Waals surface area contributed by atoms with E-state index in [-0.39, 0.29) is 0 Å². The molecular weight excluding hydrogens is 328 g/mol. The Labute approximate surface area is 153 Å². The molecule has 134 valence electrons. The number of hydrogen-bond donors (Lipinski definition) is 2. The molecule has 6 nitrogen and oxygen atoms in total. The van der Waals surface area contributed by atoms with Crippen LogP contribution in [0.15, 0.2) is 48.7 Å². The molecule has 0 radical (unpaired) electrons. The van der Waals surface area contributed by atoms with Crippen LogP contribution in [0.25, 0.3) is 0 Å². The van der Waals surface area contributed by atoms with Crippen molar-refractivity contribution in [3.05, 3.63) is 59.8 Å². The Kier molecular flexibility index (Phi) is 5.22. The van der Waals surface area contributed by atoms with Gasteiger partial charge in [-0.15, -0.1) is 0 Å². The first-order valence-corrected chi connectivity index (χ1v) is 8.26. The zero-order valence-electron chi connectivity index (χ0n) is 15.3. The van der Waals surface area contributed by atoms with E-state index in [1.165, 1.54) is 11.1 Å². The lowest BCUT2D eigenvalue weighted by Crippen LogP contribution is -2.02. The summed E-state index contributed by atoms with van der Waals surface area (Å²) in [5.74, 6) is 2.54. The van der Waals surface area contributed by atoms with E-state index in [0.29, 0.717) is 23.3 Å². The van der Waals surface area contributed by atoms with Crippen molar-refractivity contribution in [1.82, 2.24) is 9.97 Å². The normalized spacial score (nSPS) is 10.3. The number of nitrogens with zero attached hydrogens (tertiary/aromatic N) is 2. The molecule has 0 saturated carbocycles. The SMILES string of the molecule is COc1ccc(Nc2ccnc(Nc3cccc(C)c3C)n2)cc1OC. The van der Waals surface area contributed by atoms with E-state index in [9.17, 15) is 0 Å². The Morgan fingerprint density at radius 3 is 2.46 bits per heavy atom. The molecule has 0 saturated heterocycles. The van der Waals surface area contributed by atoms with Gasteiger partial charge in [-0.3, -0.25) is 0 Å². The number of rotatable bonds is 6. The minimum Gasteiger partial charge on any atom is -0.493 e. The highest BCUT2D eigenvalue weighted by Gasteiger charge is 2.07. The van der Waals surface area contributed by atoms with E-state index in [4.69, 9.17) is 9.47 Å². The Morgan fingerprint density at radius 1 is 0.885 bits per heavy atom. The topological polar surface area (TPSA) is 68.3 Å². The van der Waals surface area contributed by atoms with Gasteiger partial charge in [-0.2, -0.15) is 4.98 Å². The molecule has 0 fully saturated rings. The van der Waals surface area contributed by atoms with Crippen molar-refractivity contribution in [1.29, 1.82) is 0 Å². The summed E-state index contributed by atoms with van der Waals surface area (Å²) in [6.45, 7) is 4.15. The lowest BCUT2D eigenvalue weighted by Gasteiger charge is -2.13. The predicted molar refractivity (Wildman–Crippen MR) is 104 cm³/mol. The fourth-order valence-electron chi connectivity index (χ4n) is 2.56. The summed E-state index contributed by atoms with van der Waals surface area (Å²) in [4.78, 5) is 8.83. The van der Waals surface area contributed by atoms with E-state index in [1.54, 1.807) is 20.4 Å². The van der Waals surface area contributed by atoms with Crippen molar-refractivity contribution in [3.63, 3.8) is 0 Å². The van der Waals surface area contributed by atoms with E-state index in [0.717, 1.165) is 11.4 Å². The van der Waals surface area contributed by atoms with Crippen LogP contribution in [-0.4, -0.2) is 24.2 Å². The van der Waals surface area contributed by atoms with Crippen LogP contribution in [0.3, 0.4) is 0 Å². The van der Waals surface area contributed by atoms with Crippen molar-refractivity contribution >= 4 is 23.1 Å². The molecule has 6 heteroatoms. The van der Waals surface area contributed by atoms with Crippen LogP contribution in [0, 0.1) is 13.8 Å². The first-order chi connectivity index (χ1) is 12.6. The third-order valence-electron chi connectivity index (χ3n) is 4.16. The van der Waals surface area contributed by atoms with Gasteiger partial charge in [-0.25, -0.2) is 4.98 Å². The van der Waals surface area contributed by atoms with E-state index >= 15 is 0 Å². The van der Waals surface area contributed by atoms with Gasteiger partial charge in [0.05, 0.1) is 14.2 Å². The van der Waals surface area contributed by atoms with Gasteiger partial charge in [0.25, 0.3) is 0 Å². The van der Waals surface area contributed by atoms with Gasteiger partial charge in [0.15, 0.2) is 11.5 Å². The van der Waals surface area contributed by atoms with Gasteiger partial charge in [0.2, 0.25) is 5.95 Å². The maximum atomic E-state index is 5.33. The average Bonchev–Trinajstić information content (AvgIpc) is 2.65. The van der Waals surface area contributed by atoms with Crippen molar-refractivity contribution < 1.29 is 9.47 Å². The van der Waals surface area contributed by atoms with E-state index < -0.39 is 0 Å². The highest BCUT2D eigenvalue weighted by Crippen LogP contribution is 2.31. The first-order valence-electron chi connectivity index (χ1n) is 8.26. The summed E-state index contributed by atoms with van der Waals surface area (Å²) in [5.41, 5.74) is 4.23. The van der Waals surface area contributed by atoms with Crippen LogP contribution in [0.4, 0.5) is 23.1 Å². The molecule has 2 N–H and O–H groups in total. The van der Waals surface area contributed by atoms with Crippen LogP contribution in [0.1, 0.15) is 11.1 Å². The van der Waals surface area contributed by atoms with Gasteiger partial charge in [0.1, 0.15) is 5.82 Å². The fourth-order valence-corrected chi connectivity index (χ4v) is 2.56. The molecule has 1 heterocycles. The quantitative estimate of drug-likeness (QED) is 0.677. The second kappa shape index (κ2) is 7.74. The summed E-state index contributed by atoms with van der Waals surface area (Å²) in [7, 11) is 3.22. The lowest BCUT2D eigenvalue weighted by molar-refractivity contribution is 0.355. The molecule has 3 aromatic rings. The second-order valence-electron chi connectivity index (χ2n) is 5.83. The van der Waals surface area contributed by atoms with Crippen molar-refractivity contribution in [2.24, 2.45) is 0 Å². The fraction of sp³-hybridized carbons (Fsp3) is 0.200. The first kappa shape index (κ1) is 17.5. The molecule has 0 amide bonds. The van der Waals surface area contributed by atoms with Crippen LogP contribution < -0.4 is 20.1 Å². The molecule has 0 spiro atoms. The third-order valence-corrected chi connectivity index (χ3v) is 4.16. The molecule has 1 aromatic heterocycles. The van der Waals surface area contributed by atoms with Crippen molar-refractivity contribution in [2.45, 2.75) is 13.8 Å². The molecular formula is C20H22N4O2. The van der Waals surface area contributed by atoms with Gasteiger partial charge in [0, 0.05) is 23.6 Å². The summed E-state index contributed by atoms with van der Waals surface area (Å²) in [6, 6.07) is 13.5. The summed E-state index contributed by atoms with van der Waals surface area (Å²) < 4.78 is 10.6. The Bertz CT molecular complexity index is 912. The predicted octanol–water partition coefficient (Wildman–Crippen LogP) is 4.60. The van der Waals surface area contributed by atoms with Crippen LogP contribution >= 0.6 is 0 Å². The molecule has 0 aliphatic rings. The van der Waals surface area contributed by atoms with Crippen LogP contribution in [0.2, 0.25) is 0 Å². The number of anilines is 4. The summed E-state index contributed by atoms with van der Waals surface area (Å²) in [6.07, 6.45) is 1.71.